The molecule has 15 aromatic rings. The van der Waals surface area contributed by atoms with E-state index in [4.69, 9.17) is 2.74 Å². The van der Waals surface area contributed by atoms with Crippen LogP contribution in [0.4, 0.5) is 17.1 Å². The fourth-order valence-corrected chi connectivity index (χ4v) is 15.6. The fraction of sp³-hybridized carbons (Fsp3) is 0.170. The van der Waals surface area contributed by atoms with Gasteiger partial charge in [0.15, 0.2) is 0 Å². The second-order valence-corrected chi connectivity index (χ2v) is 31.2. The maximum absolute atomic E-state index is 9.91. The average molecular weight is 1270 g/mol. The van der Waals surface area contributed by atoms with Crippen LogP contribution in [0.1, 0.15) is 116 Å². The third kappa shape index (κ3) is 9.92. The van der Waals surface area contributed by atoms with Crippen molar-refractivity contribution in [1.29, 1.82) is 0 Å². The first-order valence-electron chi connectivity index (χ1n) is 38.4. The van der Waals surface area contributed by atoms with Gasteiger partial charge in [0, 0.05) is 60.9 Å². The van der Waals surface area contributed by atoms with Crippen molar-refractivity contribution in [2.75, 3.05) is 4.90 Å². The molecule has 0 spiro atoms. The largest absolute Gasteiger partial charge is 0.310 e. The number of hydrogen-bond acceptors (Lipinski definition) is 1. The molecule has 2 aromatic heterocycles. The number of fused-ring (bicyclic) bond motifs is 14. The van der Waals surface area contributed by atoms with Crippen LogP contribution in [0, 0.1) is 0 Å². The maximum Gasteiger partial charge on any atom is 0.252 e. The van der Waals surface area contributed by atoms with Gasteiger partial charge in [-0.05, 0) is 176 Å². The second-order valence-electron chi connectivity index (χ2n) is 31.2. The number of benzene rings is 13. The van der Waals surface area contributed by atoms with E-state index in [9.17, 15) is 8.22 Å². The summed E-state index contributed by atoms with van der Waals surface area (Å²) in [7, 11) is 0. The van der Waals surface area contributed by atoms with Crippen LogP contribution >= 0.6 is 0 Å². The summed E-state index contributed by atoms with van der Waals surface area (Å²) in [5.41, 5.74) is 21.2. The molecule has 0 atom stereocenters. The summed E-state index contributed by atoms with van der Waals surface area (Å²) < 4.78 is 80.2. The van der Waals surface area contributed by atoms with Crippen LogP contribution in [-0.4, -0.2) is 15.8 Å². The highest BCUT2D eigenvalue weighted by atomic mass is 15.2. The lowest BCUT2D eigenvalue weighted by atomic mass is 9.33. The van der Waals surface area contributed by atoms with Gasteiger partial charge in [-0.1, -0.05) is 301 Å². The van der Waals surface area contributed by atoms with Crippen molar-refractivity contribution in [3.63, 3.8) is 0 Å². The highest BCUT2D eigenvalue weighted by Gasteiger charge is 2.44. The first kappa shape index (κ1) is 52.5. The molecule has 17 rings (SSSR count). The first-order chi connectivity index (χ1) is 50.5. The van der Waals surface area contributed by atoms with Gasteiger partial charge in [0.25, 0.3) is 6.71 Å². The summed E-state index contributed by atoms with van der Waals surface area (Å²) in [5, 5.41) is 6.57. The fourth-order valence-electron chi connectivity index (χ4n) is 15.6. The summed E-state index contributed by atoms with van der Waals surface area (Å²) in [6.45, 7) is 26.8. The number of hydrogen-bond donors (Lipinski definition) is 0. The minimum absolute atomic E-state index is 0.0155. The Labute approximate surface area is 589 Å². The third-order valence-corrected chi connectivity index (χ3v) is 20.8. The lowest BCUT2D eigenvalue weighted by molar-refractivity contribution is 0.569. The second kappa shape index (κ2) is 22.4. The zero-order chi connectivity index (χ0) is 74.3. The molecule has 2 aliphatic heterocycles. The lowest BCUT2D eigenvalue weighted by Crippen LogP contribution is -2.60. The van der Waals surface area contributed by atoms with Gasteiger partial charge in [0.05, 0.1) is 33.2 Å². The number of nitrogens with zero attached hydrogens (tertiary/aromatic N) is 3. The number of anilines is 3. The maximum atomic E-state index is 9.91. The minimum atomic E-state index is -0.520. The Morgan fingerprint density at radius 1 is 0.296 bits per heavy atom. The van der Waals surface area contributed by atoms with E-state index in [1.165, 1.54) is 16.7 Å². The van der Waals surface area contributed by atoms with E-state index in [-0.39, 0.29) is 67.6 Å². The number of rotatable bonds is 6. The summed E-state index contributed by atoms with van der Waals surface area (Å²) in [6.07, 6.45) is 0. The van der Waals surface area contributed by atoms with Gasteiger partial charge in [-0.2, -0.15) is 0 Å². The van der Waals surface area contributed by atoms with Crippen molar-refractivity contribution in [2.45, 2.75) is 105 Å². The zero-order valence-corrected chi connectivity index (χ0v) is 57.9. The van der Waals surface area contributed by atoms with Gasteiger partial charge in [0.2, 0.25) is 0 Å². The molecular weight excluding hydrogens is 1180 g/mol. The molecule has 0 unspecified atom stereocenters. The molecule has 4 heterocycles. The number of aromatic nitrogens is 2. The SMILES string of the molecule is [2H]c1c([2H])c([2H])c2c(c1[2H])c1c([2H])c([2H])c([2H])c([2H])c1n2-c1ccc2c(c1)N(c1c(-c3ccccc3)cc(C(C)(C)C)cc1-c1ccccc1)c1cc(-c3cc(C(C)(C)C)cc(C(C)(C)C)c3)cc3c1B2c1cc(-c2ccc(C(C)(C)C)cc2)cc2c4ccccc4c4ccccc4c4ccccc4n-3c12. The molecule has 0 amide bonds. The quantitative estimate of drug-likeness (QED) is 0.151. The van der Waals surface area contributed by atoms with Crippen molar-refractivity contribution in [3.8, 4) is 55.9 Å². The van der Waals surface area contributed by atoms with Crippen LogP contribution in [0.25, 0.3) is 121 Å². The Balaban J connectivity index is 1.16. The van der Waals surface area contributed by atoms with Gasteiger partial charge in [-0.3, -0.25) is 0 Å². The molecule has 0 bridgehead atoms. The topological polar surface area (TPSA) is 13.1 Å². The predicted molar refractivity (Wildman–Crippen MR) is 424 cm³/mol. The molecule has 0 saturated heterocycles. The molecule has 0 aliphatic carbocycles. The van der Waals surface area contributed by atoms with Gasteiger partial charge in [-0.15, -0.1) is 0 Å². The van der Waals surface area contributed by atoms with Gasteiger partial charge < -0.3 is 14.0 Å². The van der Waals surface area contributed by atoms with Gasteiger partial charge in [-0.25, -0.2) is 0 Å². The predicted octanol–water partition coefficient (Wildman–Crippen LogP) is 23.8. The summed E-state index contributed by atoms with van der Waals surface area (Å²) in [6, 6.07) is 81.7. The molecule has 13 aromatic carbocycles. The molecular formula is C94H82BN3. The summed E-state index contributed by atoms with van der Waals surface area (Å²) in [5.74, 6) is 0. The van der Waals surface area contributed by atoms with E-state index >= 15 is 0 Å². The van der Waals surface area contributed by atoms with E-state index in [2.05, 4.69) is 317 Å². The highest BCUT2D eigenvalue weighted by molar-refractivity contribution is 7.00. The Morgan fingerprint density at radius 3 is 1.31 bits per heavy atom. The van der Waals surface area contributed by atoms with Gasteiger partial charge in [0.1, 0.15) is 0 Å². The summed E-state index contributed by atoms with van der Waals surface area (Å²) in [4.78, 5) is 2.49. The highest BCUT2D eigenvalue weighted by Crippen LogP contribution is 2.52. The molecule has 476 valence electrons. The normalized spacial score (nSPS) is 14.2. The first-order valence-corrected chi connectivity index (χ1v) is 34.4. The lowest BCUT2D eigenvalue weighted by Gasteiger charge is -2.43. The average Bonchev–Trinajstić information content (AvgIpc) is 1.69. The van der Waals surface area contributed by atoms with E-state index in [0.717, 1.165) is 133 Å². The van der Waals surface area contributed by atoms with E-state index in [0.29, 0.717) is 5.69 Å². The van der Waals surface area contributed by atoms with Crippen molar-refractivity contribution < 1.29 is 11.0 Å². The van der Waals surface area contributed by atoms with E-state index in [1.807, 2.05) is 6.07 Å². The Kier molecular flexibility index (Phi) is 12.0. The molecule has 4 heteroatoms. The zero-order valence-electron chi connectivity index (χ0n) is 65.9. The minimum Gasteiger partial charge on any atom is -0.310 e. The standard InChI is InChI=1S/C94H82BN3/c1-91(2,3)65-45-43-59(44-46-65)63-51-79-73-36-22-20-34-71(73)70-33-19-21-35-72(70)74-37-23-28-42-84(74)97-86-53-64(62-49-66(92(4,5)6)55-67(50-62)93(7,8)9)54-87-88(86)95(81(52-63)90(79)97)80-48-47-69(96-82-40-26-24-38-75(82)76-39-25-27-41-83(76)96)58-85(80)98(87)89-77(60-29-15-13-16-30-60)56-68(94(10,11)12)57-78(89)61-31-17-14-18-32-61/h13-58H,1-12H3/i24D,25D,26D,27D,38D,39D,40D,41D. The third-order valence-electron chi connectivity index (χ3n) is 20.8. The smallest absolute Gasteiger partial charge is 0.252 e. The van der Waals surface area contributed by atoms with Crippen molar-refractivity contribution in [3.05, 3.63) is 301 Å². The van der Waals surface area contributed by atoms with E-state index < -0.39 is 30.9 Å². The van der Waals surface area contributed by atoms with Crippen LogP contribution in [0.15, 0.2) is 279 Å². The van der Waals surface area contributed by atoms with Crippen LogP contribution in [-0.2, 0) is 21.7 Å². The van der Waals surface area contributed by atoms with Crippen LogP contribution in [0.3, 0.4) is 0 Å². The molecule has 98 heavy (non-hydrogen) atoms. The molecule has 0 radical (unpaired) electrons. The van der Waals surface area contributed by atoms with Crippen molar-refractivity contribution in [2.24, 2.45) is 0 Å². The molecule has 0 saturated carbocycles. The Bertz CT molecular complexity index is 6170. The van der Waals surface area contributed by atoms with E-state index in [1.54, 1.807) is 4.57 Å². The Hall–Kier alpha value is -10.7. The molecule has 0 fully saturated rings. The summed E-state index contributed by atoms with van der Waals surface area (Å²) >= 11 is 0. The van der Waals surface area contributed by atoms with Crippen molar-refractivity contribution >= 4 is 105 Å². The van der Waals surface area contributed by atoms with Crippen LogP contribution in [0.5, 0.6) is 0 Å². The van der Waals surface area contributed by atoms with Gasteiger partial charge >= 0.3 is 0 Å². The monoisotopic (exact) mass is 1270 g/mol. The molecule has 0 N–H and O–H groups in total. The van der Waals surface area contributed by atoms with Crippen molar-refractivity contribution in [1.82, 2.24) is 9.13 Å². The molecule has 3 nitrogen and oxygen atoms in total. The number of para-hydroxylation sites is 3. The Morgan fingerprint density at radius 2 is 0.755 bits per heavy atom. The molecule has 2 aliphatic rings. The van der Waals surface area contributed by atoms with Crippen LogP contribution < -0.4 is 21.3 Å². The van der Waals surface area contributed by atoms with Crippen LogP contribution in [0.2, 0.25) is 0 Å².